The number of carbonyl (C=O) groups excluding carboxylic acids is 1. The molecule has 0 bridgehead atoms. The fourth-order valence-corrected chi connectivity index (χ4v) is 4.11. The first kappa shape index (κ1) is 19.3. The van der Waals surface area contributed by atoms with Gasteiger partial charge in [0.2, 0.25) is 0 Å². The third-order valence-electron chi connectivity index (χ3n) is 5.05. The third kappa shape index (κ3) is 3.75. The molecule has 0 saturated heterocycles. The molecule has 9 heteroatoms. The van der Waals surface area contributed by atoms with Crippen molar-refractivity contribution in [2.45, 2.75) is 25.9 Å². The molecule has 0 fully saturated rings. The number of benzene rings is 1. The van der Waals surface area contributed by atoms with Gasteiger partial charge >= 0.3 is 5.76 Å². The molecule has 4 aromatic rings. The second-order valence-corrected chi connectivity index (χ2v) is 8.14. The minimum Gasteiger partial charge on any atom is -0.467 e. The van der Waals surface area contributed by atoms with Gasteiger partial charge in [-0.3, -0.25) is 4.79 Å². The Bertz CT molecular complexity index is 1280. The number of nitrogens with zero attached hydrogens (tertiary/aromatic N) is 4. The van der Waals surface area contributed by atoms with Crippen LogP contribution >= 0.6 is 11.3 Å². The van der Waals surface area contributed by atoms with Gasteiger partial charge in [0.15, 0.2) is 0 Å². The molecule has 0 unspecified atom stereocenters. The second-order valence-electron chi connectivity index (χ2n) is 7.19. The first-order valence-corrected chi connectivity index (χ1v) is 10.6. The smallest absolute Gasteiger partial charge is 0.437 e. The molecule has 4 heterocycles. The van der Waals surface area contributed by atoms with E-state index in [-0.39, 0.29) is 18.3 Å². The van der Waals surface area contributed by atoms with Gasteiger partial charge in [0.25, 0.3) is 11.8 Å². The van der Waals surface area contributed by atoms with Crippen LogP contribution < -0.4 is 5.76 Å². The van der Waals surface area contributed by atoms with Crippen LogP contribution in [0.3, 0.4) is 0 Å². The molecule has 0 aliphatic carbocycles. The van der Waals surface area contributed by atoms with Crippen LogP contribution in [0.15, 0.2) is 78.9 Å². The molecule has 0 radical (unpaired) electrons. The molecule has 0 N–H and O–H groups in total. The van der Waals surface area contributed by atoms with Crippen molar-refractivity contribution in [1.82, 2.24) is 14.8 Å². The van der Waals surface area contributed by atoms with E-state index in [1.165, 1.54) is 16.3 Å². The van der Waals surface area contributed by atoms with Crippen LogP contribution in [-0.2, 0) is 11.3 Å². The van der Waals surface area contributed by atoms with Gasteiger partial charge in [-0.05, 0) is 36.1 Å². The van der Waals surface area contributed by atoms with E-state index >= 15 is 0 Å². The van der Waals surface area contributed by atoms with Crippen molar-refractivity contribution in [1.29, 1.82) is 0 Å². The average molecular weight is 434 g/mol. The number of furan rings is 1. The minimum absolute atomic E-state index is 0.195. The Kier molecular flexibility index (Phi) is 4.87. The lowest BCUT2D eigenvalue weighted by atomic mass is 10.0. The monoisotopic (exact) mass is 434 g/mol. The zero-order valence-electron chi connectivity index (χ0n) is 16.6. The van der Waals surface area contributed by atoms with Gasteiger partial charge in [-0.15, -0.1) is 16.4 Å². The zero-order valence-corrected chi connectivity index (χ0v) is 17.4. The molecule has 0 spiro atoms. The maximum absolute atomic E-state index is 13.1. The summed E-state index contributed by atoms with van der Waals surface area (Å²) in [5, 5.41) is 12.0. The first-order valence-electron chi connectivity index (χ1n) is 9.70. The van der Waals surface area contributed by atoms with E-state index in [0.717, 1.165) is 26.4 Å². The zero-order chi connectivity index (χ0) is 21.4. The maximum atomic E-state index is 13.1. The predicted octanol–water partition coefficient (Wildman–Crippen LogP) is 3.84. The molecule has 1 amide bonds. The Morgan fingerprint density at radius 3 is 2.74 bits per heavy atom. The summed E-state index contributed by atoms with van der Waals surface area (Å²) in [5.74, 6) is -0.239. The molecule has 1 atom stereocenters. The quantitative estimate of drug-likeness (QED) is 0.476. The molecular weight excluding hydrogens is 416 g/mol. The van der Waals surface area contributed by atoms with E-state index < -0.39 is 11.8 Å². The van der Waals surface area contributed by atoms with Gasteiger partial charge in [0.1, 0.15) is 18.3 Å². The van der Waals surface area contributed by atoms with Gasteiger partial charge in [-0.25, -0.2) is 9.80 Å². The van der Waals surface area contributed by atoms with Gasteiger partial charge < -0.3 is 8.83 Å². The topological polar surface area (TPSA) is 93.8 Å². The van der Waals surface area contributed by atoms with Crippen LogP contribution in [0.4, 0.5) is 0 Å². The summed E-state index contributed by atoms with van der Waals surface area (Å²) < 4.78 is 11.8. The number of rotatable bonds is 5. The molecule has 8 nitrogen and oxygen atoms in total. The van der Waals surface area contributed by atoms with Crippen molar-refractivity contribution >= 4 is 23.0 Å². The SMILES string of the molecule is Cc1ccc(C2=NN(C(=O)Cn3nc(-c4cccs4)oc3=O)[C@@H](c3ccco3)C2)cc1. The molecule has 31 heavy (non-hydrogen) atoms. The highest BCUT2D eigenvalue weighted by Crippen LogP contribution is 2.33. The number of aromatic nitrogens is 2. The summed E-state index contributed by atoms with van der Waals surface area (Å²) in [5.41, 5.74) is 2.86. The summed E-state index contributed by atoms with van der Waals surface area (Å²) in [6, 6.07) is 14.8. The molecule has 1 aromatic carbocycles. The normalized spacial score (nSPS) is 16.0. The summed E-state index contributed by atoms with van der Waals surface area (Å²) in [6.45, 7) is 1.73. The fraction of sp³-hybridized carbons (Fsp3) is 0.182. The average Bonchev–Trinajstić information content (AvgIpc) is 3.55. The standard InChI is InChI=1S/C22H18N4O4S/c1-14-6-8-15(9-7-14)16-12-17(18-4-2-10-29-18)26(23-16)20(27)13-25-22(28)30-21(24-25)19-5-3-11-31-19/h2-11,17H,12-13H2,1H3/t17-/m1/s1. The van der Waals surface area contributed by atoms with Crippen molar-refractivity contribution < 1.29 is 13.6 Å². The van der Waals surface area contributed by atoms with Gasteiger partial charge in [0.05, 0.1) is 16.9 Å². The van der Waals surface area contributed by atoms with E-state index in [1.54, 1.807) is 18.4 Å². The molecular formula is C22H18N4O4S. The van der Waals surface area contributed by atoms with Gasteiger partial charge in [-0.2, -0.15) is 9.78 Å². The van der Waals surface area contributed by atoms with Gasteiger partial charge in [0, 0.05) is 6.42 Å². The highest BCUT2D eigenvalue weighted by atomic mass is 32.1. The number of hydrogen-bond acceptors (Lipinski definition) is 7. The van der Waals surface area contributed by atoms with Crippen molar-refractivity contribution in [2.75, 3.05) is 0 Å². The van der Waals surface area contributed by atoms with E-state index in [1.807, 2.05) is 48.7 Å². The number of aryl methyl sites for hydroxylation is 1. The number of amides is 1. The molecule has 5 rings (SSSR count). The number of hydrazone groups is 1. The third-order valence-corrected chi connectivity index (χ3v) is 5.90. The fourth-order valence-electron chi connectivity index (χ4n) is 3.47. The Morgan fingerprint density at radius 1 is 1.19 bits per heavy atom. The predicted molar refractivity (Wildman–Crippen MR) is 115 cm³/mol. The second kappa shape index (κ2) is 7.84. The summed E-state index contributed by atoms with van der Waals surface area (Å²) in [7, 11) is 0. The van der Waals surface area contributed by atoms with Crippen LogP contribution in [-0.4, -0.2) is 26.4 Å². The summed E-state index contributed by atoms with van der Waals surface area (Å²) >= 11 is 1.40. The molecule has 1 aliphatic rings. The summed E-state index contributed by atoms with van der Waals surface area (Å²) in [6.07, 6.45) is 2.08. The highest BCUT2D eigenvalue weighted by molar-refractivity contribution is 7.13. The Balaban J connectivity index is 1.43. The molecule has 3 aromatic heterocycles. The number of carbonyl (C=O) groups is 1. The molecule has 1 aliphatic heterocycles. The molecule has 0 saturated carbocycles. The van der Waals surface area contributed by atoms with E-state index in [4.69, 9.17) is 8.83 Å². The van der Waals surface area contributed by atoms with Crippen LogP contribution in [0.25, 0.3) is 10.8 Å². The lowest BCUT2D eigenvalue weighted by molar-refractivity contribution is -0.134. The Labute approximate surface area is 181 Å². The van der Waals surface area contributed by atoms with E-state index in [2.05, 4.69) is 10.2 Å². The highest BCUT2D eigenvalue weighted by Gasteiger charge is 2.35. The van der Waals surface area contributed by atoms with Crippen molar-refractivity contribution in [3.8, 4) is 10.8 Å². The largest absolute Gasteiger partial charge is 0.467 e. The minimum atomic E-state index is -0.687. The number of thiophene rings is 1. The van der Waals surface area contributed by atoms with Crippen LogP contribution in [0.5, 0.6) is 0 Å². The van der Waals surface area contributed by atoms with Crippen LogP contribution in [0.2, 0.25) is 0 Å². The van der Waals surface area contributed by atoms with Gasteiger partial charge in [-0.1, -0.05) is 35.9 Å². The first-order chi connectivity index (χ1) is 15.1. The summed E-state index contributed by atoms with van der Waals surface area (Å²) in [4.78, 5) is 26.1. The number of hydrogen-bond donors (Lipinski definition) is 0. The van der Waals surface area contributed by atoms with Crippen LogP contribution in [0, 0.1) is 6.92 Å². The van der Waals surface area contributed by atoms with Crippen molar-refractivity contribution in [2.24, 2.45) is 5.10 Å². The molecule has 156 valence electrons. The lowest BCUT2D eigenvalue weighted by Crippen LogP contribution is -2.33. The van der Waals surface area contributed by atoms with E-state index in [0.29, 0.717) is 12.2 Å². The Hall–Kier alpha value is -3.72. The van der Waals surface area contributed by atoms with Crippen molar-refractivity contribution in [3.63, 3.8) is 0 Å². The lowest BCUT2D eigenvalue weighted by Gasteiger charge is -2.19. The van der Waals surface area contributed by atoms with Crippen molar-refractivity contribution in [3.05, 3.63) is 87.6 Å². The maximum Gasteiger partial charge on any atom is 0.437 e. The Morgan fingerprint density at radius 2 is 2.03 bits per heavy atom. The van der Waals surface area contributed by atoms with E-state index in [9.17, 15) is 9.59 Å². The van der Waals surface area contributed by atoms with Crippen LogP contribution in [0.1, 0.15) is 29.3 Å².